The van der Waals surface area contributed by atoms with Crippen molar-refractivity contribution in [2.24, 2.45) is 0 Å². The van der Waals surface area contributed by atoms with E-state index in [4.69, 9.17) is 21.1 Å². The van der Waals surface area contributed by atoms with Gasteiger partial charge in [0.25, 0.3) is 5.91 Å². The van der Waals surface area contributed by atoms with Crippen LogP contribution >= 0.6 is 11.6 Å². The third kappa shape index (κ3) is 5.36. The first-order valence-corrected chi connectivity index (χ1v) is 11.5. The second kappa shape index (κ2) is 9.67. The number of methoxy groups -OCH3 is 1. The summed E-state index contributed by atoms with van der Waals surface area (Å²) in [7, 11) is -2.11. The van der Waals surface area contributed by atoms with Crippen LogP contribution in [0.2, 0.25) is 5.02 Å². The minimum atomic E-state index is -3.57. The molecule has 0 bridgehead atoms. The zero-order chi connectivity index (χ0) is 22.6. The second-order valence-corrected chi connectivity index (χ2v) is 9.39. The van der Waals surface area contributed by atoms with Gasteiger partial charge in [0.15, 0.2) is 6.10 Å². The number of halogens is 1. The molecule has 1 atom stereocenters. The summed E-state index contributed by atoms with van der Waals surface area (Å²) in [6.07, 6.45) is 0.569. The number of nitrogens with zero attached hydrogens (tertiary/aromatic N) is 1. The molecule has 3 rings (SSSR count). The van der Waals surface area contributed by atoms with Gasteiger partial charge in [-0.25, -0.2) is 13.2 Å². The summed E-state index contributed by atoms with van der Waals surface area (Å²) in [5.41, 5.74) is 0.486. The van der Waals surface area contributed by atoms with Gasteiger partial charge < -0.3 is 14.8 Å². The number of hydrogen-bond donors (Lipinski definition) is 1. The number of carbonyl (C=O) groups is 2. The number of rotatable bonds is 7. The third-order valence-corrected chi connectivity index (χ3v) is 7.01. The fraction of sp³-hybridized carbons (Fsp3) is 0.333. The van der Waals surface area contributed by atoms with Crippen molar-refractivity contribution in [1.29, 1.82) is 0 Å². The lowest BCUT2D eigenvalue weighted by Crippen LogP contribution is -2.30. The molecule has 1 unspecified atom stereocenters. The molecule has 0 spiro atoms. The number of hydrogen-bond acceptors (Lipinski definition) is 6. The van der Waals surface area contributed by atoms with E-state index in [-0.39, 0.29) is 10.5 Å². The molecule has 10 heteroatoms. The number of amides is 1. The predicted octanol–water partition coefficient (Wildman–Crippen LogP) is 3.32. The Bertz CT molecular complexity index is 1070. The topological polar surface area (TPSA) is 102 Å². The van der Waals surface area contributed by atoms with E-state index in [9.17, 15) is 18.0 Å². The van der Waals surface area contributed by atoms with Gasteiger partial charge in [0.2, 0.25) is 10.0 Å². The van der Waals surface area contributed by atoms with Gasteiger partial charge >= 0.3 is 5.97 Å². The lowest BCUT2D eigenvalue weighted by molar-refractivity contribution is -0.123. The zero-order valence-electron chi connectivity index (χ0n) is 17.1. The smallest absolute Gasteiger partial charge is 0.338 e. The van der Waals surface area contributed by atoms with Crippen molar-refractivity contribution in [2.45, 2.75) is 30.8 Å². The lowest BCUT2D eigenvalue weighted by Gasteiger charge is -2.16. The quantitative estimate of drug-likeness (QED) is 0.628. The van der Waals surface area contributed by atoms with Crippen LogP contribution in [-0.2, 0) is 19.6 Å². The third-order valence-electron chi connectivity index (χ3n) is 4.87. The molecule has 1 aliphatic heterocycles. The lowest BCUT2D eigenvalue weighted by atomic mass is 10.2. The maximum absolute atomic E-state index is 12.6. The van der Waals surface area contributed by atoms with E-state index in [1.807, 2.05) is 0 Å². The standard InChI is InChI=1S/C21H23ClN2O6S/c1-14(20(25)23-18-13-16(22)7-10-19(18)29-2)30-21(26)15-5-8-17(9-6-15)31(27,28)24-11-3-4-12-24/h5-10,13-14H,3-4,11-12H2,1-2H3,(H,23,25). The van der Waals surface area contributed by atoms with E-state index in [0.29, 0.717) is 29.5 Å². The van der Waals surface area contributed by atoms with Crippen LogP contribution in [-0.4, -0.2) is 50.9 Å². The molecule has 1 heterocycles. The molecule has 0 aliphatic carbocycles. The fourth-order valence-electron chi connectivity index (χ4n) is 3.13. The Morgan fingerprint density at radius 2 is 1.74 bits per heavy atom. The largest absolute Gasteiger partial charge is 0.495 e. The summed E-state index contributed by atoms with van der Waals surface area (Å²) in [5.74, 6) is -0.904. The Balaban J connectivity index is 1.64. The van der Waals surface area contributed by atoms with E-state index in [1.165, 1.54) is 48.7 Å². The van der Waals surface area contributed by atoms with E-state index in [0.717, 1.165) is 12.8 Å². The monoisotopic (exact) mass is 466 g/mol. The van der Waals surface area contributed by atoms with Crippen LogP contribution in [0.3, 0.4) is 0 Å². The van der Waals surface area contributed by atoms with Crippen molar-refractivity contribution < 1.29 is 27.5 Å². The Morgan fingerprint density at radius 3 is 2.35 bits per heavy atom. The van der Waals surface area contributed by atoms with Crippen LogP contribution < -0.4 is 10.1 Å². The molecule has 2 aromatic rings. The first kappa shape index (κ1) is 23.1. The van der Waals surface area contributed by atoms with Crippen molar-refractivity contribution >= 4 is 39.2 Å². The van der Waals surface area contributed by atoms with Gasteiger partial charge in [-0.05, 0) is 62.2 Å². The molecule has 1 N–H and O–H groups in total. The number of anilines is 1. The Hall–Kier alpha value is -2.62. The van der Waals surface area contributed by atoms with Crippen molar-refractivity contribution in [2.75, 3.05) is 25.5 Å². The summed E-state index contributed by atoms with van der Waals surface area (Å²) in [6, 6.07) is 10.2. The minimum absolute atomic E-state index is 0.116. The van der Waals surface area contributed by atoms with Gasteiger partial charge in [-0.1, -0.05) is 11.6 Å². The number of sulfonamides is 1. The number of nitrogens with one attached hydrogen (secondary N) is 1. The molecular formula is C21H23ClN2O6S. The molecule has 8 nitrogen and oxygen atoms in total. The zero-order valence-corrected chi connectivity index (χ0v) is 18.7. The van der Waals surface area contributed by atoms with Crippen molar-refractivity contribution in [3.63, 3.8) is 0 Å². The molecule has 1 fully saturated rings. The number of esters is 1. The average Bonchev–Trinajstić information content (AvgIpc) is 3.30. The Morgan fingerprint density at radius 1 is 1.10 bits per heavy atom. The summed E-state index contributed by atoms with van der Waals surface area (Å²) in [5, 5.41) is 3.02. The number of benzene rings is 2. The van der Waals surface area contributed by atoms with Crippen LogP contribution in [0.25, 0.3) is 0 Å². The molecule has 0 radical (unpaired) electrons. The highest BCUT2D eigenvalue weighted by Crippen LogP contribution is 2.28. The highest BCUT2D eigenvalue weighted by molar-refractivity contribution is 7.89. The molecule has 1 aliphatic rings. The molecule has 166 valence electrons. The predicted molar refractivity (Wildman–Crippen MR) is 116 cm³/mol. The summed E-state index contributed by atoms with van der Waals surface area (Å²) < 4.78 is 37.0. The van der Waals surface area contributed by atoms with Crippen LogP contribution in [0.4, 0.5) is 5.69 Å². The number of ether oxygens (including phenoxy) is 2. The number of carbonyl (C=O) groups excluding carboxylic acids is 2. The van der Waals surface area contributed by atoms with Crippen molar-refractivity contribution in [1.82, 2.24) is 4.31 Å². The van der Waals surface area contributed by atoms with E-state index in [1.54, 1.807) is 12.1 Å². The molecule has 1 saturated heterocycles. The van der Waals surface area contributed by atoms with Crippen LogP contribution in [0, 0.1) is 0 Å². The maximum Gasteiger partial charge on any atom is 0.338 e. The molecule has 1 amide bonds. The summed E-state index contributed by atoms with van der Waals surface area (Å²) in [4.78, 5) is 24.9. The SMILES string of the molecule is COc1ccc(Cl)cc1NC(=O)C(C)OC(=O)c1ccc(S(=O)(=O)N2CCCC2)cc1. The fourth-order valence-corrected chi connectivity index (χ4v) is 4.82. The van der Waals surface area contributed by atoms with Crippen LogP contribution in [0.15, 0.2) is 47.4 Å². The highest BCUT2D eigenvalue weighted by atomic mass is 35.5. The molecule has 0 saturated carbocycles. The Labute approximate surface area is 186 Å². The normalized spacial score (nSPS) is 15.3. The van der Waals surface area contributed by atoms with E-state index >= 15 is 0 Å². The first-order chi connectivity index (χ1) is 14.7. The van der Waals surface area contributed by atoms with Crippen molar-refractivity contribution in [3.8, 4) is 5.75 Å². The molecule has 31 heavy (non-hydrogen) atoms. The summed E-state index contributed by atoms with van der Waals surface area (Å²) in [6.45, 7) is 2.42. The minimum Gasteiger partial charge on any atom is -0.495 e. The van der Waals surface area contributed by atoms with E-state index < -0.39 is 28.0 Å². The first-order valence-electron chi connectivity index (χ1n) is 9.68. The van der Waals surface area contributed by atoms with Gasteiger partial charge in [-0.2, -0.15) is 4.31 Å². The molecule has 0 aromatic heterocycles. The van der Waals surface area contributed by atoms with Gasteiger partial charge in [0.1, 0.15) is 5.75 Å². The van der Waals surface area contributed by atoms with Crippen molar-refractivity contribution in [3.05, 3.63) is 53.1 Å². The second-order valence-electron chi connectivity index (χ2n) is 7.02. The summed E-state index contributed by atoms with van der Waals surface area (Å²) >= 11 is 5.95. The van der Waals surface area contributed by atoms with Gasteiger partial charge in [-0.3, -0.25) is 4.79 Å². The molecular weight excluding hydrogens is 444 g/mol. The van der Waals surface area contributed by atoms with E-state index in [2.05, 4.69) is 5.32 Å². The van der Waals surface area contributed by atoms with Gasteiger partial charge in [0, 0.05) is 18.1 Å². The van der Waals surface area contributed by atoms with Gasteiger partial charge in [-0.15, -0.1) is 0 Å². The average molecular weight is 467 g/mol. The van der Waals surface area contributed by atoms with Gasteiger partial charge in [0.05, 0.1) is 23.3 Å². The Kier molecular flexibility index (Phi) is 7.19. The maximum atomic E-state index is 12.6. The van der Waals surface area contributed by atoms with Crippen LogP contribution in [0.1, 0.15) is 30.1 Å². The highest BCUT2D eigenvalue weighted by Gasteiger charge is 2.27. The van der Waals surface area contributed by atoms with Crippen LogP contribution in [0.5, 0.6) is 5.75 Å². The molecule has 2 aromatic carbocycles.